The van der Waals surface area contributed by atoms with Gasteiger partial charge in [-0.25, -0.2) is 0 Å². The van der Waals surface area contributed by atoms with Gasteiger partial charge in [-0.1, -0.05) is 31.5 Å². The highest BCUT2D eigenvalue weighted by Crippen LogP contribution is 2.24. The van der Waals surface area contributed by atoms with E-state index in [0.29, 0.717) is 6.04 Å². The maximum Gasteiger partial charge on any atom is 0.118 e. The molecule has 2 rings (SSSR count). The number of hydrogen-bond acceptors (Lipinski definition) is 3. The van der Waals surface area contributed by atoms with Gasteiger partial charge in [-0.15, -0.1) is 11.8 Å². The van der Waals surface area contributed by atoms with E-state index in [0.717, 1.165) is 23.8 Å². The van der Waals surface area contributed by atoms with E-state index in [4.69, 9.17) is 4.42 Å². The highest BCUT2D eigenvalue weighted by Gasteiger charge is 2.03. The van der Waals surface area contributed by atoms with Crippen LogP contribution in [0, 0.1) is 6.92 Å². The summed E-state index contributed by atoms with van der Waals surface area (Å²) < 4.78 is 5.80. The molecular formula is C16H21NOS. The Morgan fingerprint density at radius 2 is 1.74 bits per heavy atom. The molecule has 19 heavy (non-hydrogen) atoms. The van der Waals surface area contributed by atoms with Crippen molar-refractivity contribution in [2.75, 3.05) is 0 Å². The van der Waals surface area contributed by atoms with E-state index in [9.17, 15) is 0 Å². The summed E-state index contributed by atoms with van der Waals surface area (Å²) in [5.41, 5.74) is 1.30. The van der Waals surface area contributed by atoms with Crippen molar-refractivity contribution < 1.29 is 4.42 Å². The molecule has 0 amide bonds. The Labute approximate surface area is 119 Å². The van der Waals surface area contributed by atoms with Gasteiger partial charge in [0.25, 0.3) is 0 Å². The van der Waals surface area contributed by atoms with E-state index in [1.807, 2.05) is 0 Å². The average molecular weight is 275 g/mol. The van der Waals surface area contributed by atoms with Gasteiger partial charge in [0.15, 0.2) is 0 Å². The maximum absolute atomic E-state index is 5.80. The molecule has 1 heterocycles. The van der Waals surface area contributed by atoms with Crippen LogP contribution in [0.1, 0.15) is 30.9 Å². The fourth-order valence-electron chi connectivity index (χ4n) is 1.69. The first-order valence-corrected chi connectivity index (χ1v) is 7.62. The van der Waals surface area contributed by atoms with E-state index in [-0.39, 0.29) is 0 Å². The first-order valence-electron chi connectivity index (χ1n) is 6.64. The molecule has 0 radical (unpaired) electrons. The Morgan fingerprint density at radius 3 is 2.42 bits per heavy atom. The molecule has 2 nitrogen and oxygen atoms in total. The van der Waals surface area contributed by atoms with Crippen LogP contribution in [-0.4, -0.2) is 6.04 Å². The topological polar surface area (TPSA) is 25.2 Å². The molecule has 102 valence electrons. The van der Waals surface area contributed by atoms with Crippen molar-refractivity contribution in [3.05, 3.63) is 53.5 Å². The lowest BCUT2D eigenvalue weighted by atomic mass is 10.2. The highest BCUT2D eigenvalue weighted by molar-refractivity contribution is 7.98. The SMILES string of the molecule is Cc1ccc(SCc2ccc(CNC(C)C)o2)cc1. The number of aryl methyl sites for hydroxylation is 1. The fourth-order valence-corrected chi connectivity index (χ4v) is 2.48. The fraction of sp³-hybridized carbons (Fsp3) is 0.375. The molecule has 0 aliphatic carbocycles. The summed E-state index contributed by atoms with van der Waals surface area (Å²) in [5.74, 6) is 2.92. The summed E-state index contributed by atoms with van der Waals surface area (Å²) in [4.78, 5) is 1.28. The van der Waals surface area contributed by atoms with E-state index in [1.165, 1.54) is 10.5 Å². The predicted molar refractivity (Wildman–Crippen MR) is 81.4 cm³/mol. The normalized spacial score (nSPS) is 11.2. The molecule has 0 aliphatic rings. The van der Waals surface area contributed by atoms with Gasteiger partial charge in [0.05, 0.1) is 12.3 Å². The van der Waals surface area contributed by atoms with Crippen LogP contribution in [-0.2, 0) is 12.3 Å². The Bertz CT molecular complexity index is 502. The zero-order chi connectivity index (χ0) is 13.7. The number of nitrogens with one attached hydrogen (secondary N) is 1. The number of benzene rings is 1. The summed E-state index contributed by atoms with van der Waals surface area (Å²) in [7, 11) is 0. The minimum atomic E-state index is 0.482. The van der Waals surface area contributed by atoms with Crippen molar-refractivity contribution in [2.45, 2.75) is 44.0 Å². The summed E-state index contributed by atoms with van der Waals surface area (Å²) >= 11 is 1.81. The van der Waals surface area contributed by atoms with Gasteiger partial charge in [-0.05, 0) is 31.2 Å². The van der Waals surface area contributed by atoms with Gasteiger partial charge in [-0.2, -0.15) is 0 Å². The third-order valence-corrected chi connectivity index (χ3v) is 3.84. The predicted octanol–water partition coefficient (Wildman–Crippen LogP) is 4.38. The van der Waals surface area contributed by atoms with Gasteiger partial charge in [0, 0.05) is 10.9 Å². The Kier molecular flexibility index (Phi) is 5.11. The smallest absolute Gasteiger partial charge is 0.118 e. The van der Waals surface area contributed by atoms with Crippen LogP contribution in [0.2, 0.25) is 0 Å². The molecule has 3 heteroatoms. The van der Waals surface area contributed by atoms with Crippen molar-refractivity contribution in [1.29, 1.82) is 0 Å². The molecule has 0 spiro atoms. The Balaban J connectivity index is 1.84. The molecule has 0 atom stereocenters. The number of furan rings is 1. The van der Waals surface area contributed by atoms with Crippen LogP contribution in [0.15, 0.2) is 45.7 Å². The summed E-state index contributed by atoms with van der Waals surface area (Å²) in [6, 6.07) is 13.2. The zero-order valence-electron chi connectivity index (χ0n) is 11.8. The average Bonchev–Trinajstić information content (AvgIpc) is 2.84. The Hall–Kier alpha value is -1.19. The molecule has 0 unspecified atom stereocenters. The molecular weight excluding hydrogens is 254 g/mol. The standard InChI is InChI=1S/C16H21NOS/c1-12(2)17-10-14-6-7-15(18-14)11-19-16-8-4-13(3)5-9-16/h4-9,12,17H,10-11H2,1-3H3. The lowest BCUT2D eigenvalue weighted by Gasteiger charge is -2.05. The summed E-state index contributed by atoms with van der Waals surface area (Å²) in [6.45, 7) is 7.18. The molecule has 0 bridgehead atoms. The first kappa shape index (κ1) is 14.2. The summed E-state index contributed by atoms with van der Waals surface area (Å²) in [6.07, 6.45) is 0. The van der Waals surface area contributed by atoms with Gasteiger partial charge in [-0.3, -0.25) is 0 Å². The van der Waals surface area contributed by atoms with Gasteiger partial charge in [0.2, 0.25) is 0 Å². The van der Waals surface area contributed by atoms with Crippen LogP contribution in [0.25, 0.3) is 0 Å². The second kappa shape index (κ2) is 6.83. The van der Waals surface area contributed by atoms with Crippen molar-refractivity contribution in [3.63, 3.8) is 0 Å². The lowest BCUT2D eigenvalue weighted by Crippen LogP contribution is -2.21. The third kappa shape index (κ3) is 4.77. The van der Waals surface area contributed by atoms with Crippen LogP contribution in [0.3, 0.4) is 0 Å². The van der Waals surface area contributed by atoms with E-state index >= 15 is 0 Å². The molecule has 0 fully saturated rings. The first-order chi connectivity index (χ1) is 9.13. The van der Waals surface area contributed by atoms with Crippen molar-refractivity contribution in [1.82, 2.24) is 5.32 Å². The zero-order valence-corrected chi connectivity index (χ0v) is 12.6. The second-order valence-corrected chi connectivity index (χ2v) is 6.05. The minimum Gasteiger partial charge on any atom is -0.464 e. The van der Waals surface area contributed by atoms with Crippen molar-refractivity contribution in [3.8, 4) is 0 Å². The molecule has 0 saturated heterocycles. The molecule has 1 aromatic heterocycles. The number of thioether (sulfide) groups is 1. The lowest BCUT2D eigenvalue weighted by molar-refractivity contribution is 0.445. The third-order valence-electron chi connectivity index (χ3n) is 2.80. The molecule has 0 aliphatic heterocycles. The molecule has 0 saturated carbocycles. The largest absolute Gasteiger partial charge is 0.464 e. The van der Waals surface area contributed by atoms with E-state index in [2.05, 4.69) is 62.5 Å². The molecule has 1 N–H and O–H groups in total. The van der Waals surface area contributed by atoms with Crippen molar-refractivity contribution in [2.24, 2.45) is 0 Å². The van der Waals surface area contributed by atoms with Crippen LogP contribution >= 0.6 is 11.8 Å². The molecule has 1 aromatic carbocycles. The van der Waals surface area contributed by atoms with E-state index in [1.54, 1.807) is 11.8 Å². The van der Waals surface area contributed by atoms with Crippen LogP contribution in [0.4, 0.5) is 0 Å². The Morgan fingerprint density at radius 1 is 1.05 bits per heavy atom. The second-order valence-electron chi connectivity index (χ2n) is 5.01. The van der Waals surface area contributed by atoms with Crippen LogP contribution in [0.5, 0.6) is 0 Å². The maximum atomic E-state index is 5.80. The minimum absolute atomic E-state index is 0.482. The summed E-state index contributed by atoms with van der Waals surface area (Å²) in [5, 5.41) is 3.35. The van der Waals surface area contributed by atoms with Gasteiger partial charge >= 0.3 is 0 Å². The highest BCUT2D eigenvalue weighted by atomic mass is 32.2. The molecule has 2 aromatic rings. The number of rotatable bonds is 6. The number of hydrogen-bond donors (Lipinski definition) is 1. The quantitative estimate of drug-likeness (QED) is 0.792. The van der Waals surface area contributed by atoms with Gasteiger partial charge < -0.3 is 9.73 Å². The van der Waals surface area contributed by atoms with Crippen LogP contribution < -0.4 is 5.32 Å². The monoisotopic (exact) mass is 275 g/mol. The van der Waals surface area contributed by atoms with Gasteiger partial charge in [0.1, 0.15) is 11.5 Å². The van der Waals surface area contributed by atoms with Crippen molar-refractivity contribution >= 4 is 11.8 Å². The van der Waals surface area contributed by atoms with E-state index < -0.39 is 0 Å².